The molecular weight excluding hydrogens is 310 g/mol. The first-order chi connectivity index (χ1) is 11.1. The molecule has 0 aromatic heterocycles. The molecule has 1 aliphatic rings. The van der Waals surface area contributed by atoms with Gasteiger partial charge in [0.1, 0.15) is 0 Å². The van der Waals surface area contributed by atoms with Gasteiger partial charge in [-0.2, -0.15) is 0 Å². The Hall–Kier alpha value is -1.22. The highest BCUT2D eigenvalue weighted by atomic mass is 35.5. The van der Waals surface area contributed by atoms with Crippen LogP contribution in [0.2, 0.25) is 0 Å². The van der Waals surface area contributed by atoms with E-state index in [2.05, 4.69) is 36.9 Å². The van der Waals surface area contributed by atoms with Gasteiger partial charge in [-0.3, -0.25) is 4.79 Å². The van der Waals surface area contributed by atoms with E-state index in [0.29, 0.717) is 24.3 Å². The van der Waals surface area contributed by atoms with E-state index in [9.17, 15) is 4.79 Å². The average Bonchev–Trinajstić information content (AvgIpc) is 2.58. The van der Waals surface area contributed by atoms with Gasteiger partial charge in [0.15, 0.2) is 0 Å². The molecule has 3 nitrogen and oxygen atoms in total. The van der Waals surface area contributed by atoms with E-state index < -0.39 is 0 Å². The maximum atomic E-state index is 11.4. The Morgan fingerprint density at radius 2 is 2.00 bits per heavy atom. The van der Waals surface area contributed by atoms with Crippen LogP contribution >= 0.6 is 11.6 Å². The number of ether oxygens (including phenoxy) is 1. The molecule has 1 aromatic rings. The molecule has 0 atom stereocenters. The first kappa shape index (κ1) is 18.1. The number of carbonyl (C=O) groups is 1. The summed E-state index contributed by atoms with van der Waals surface area (Å²) in [6.45, 7) is 5.30. The van der Waals surface area contributed by atoms with Crippen molar-refractivity contribution in [2.45, 2.75) is 57.9 Å². The molecule has 2 rings (SSSR count). The Balaban J connectivity index is 2.04. The van der Waals surface area contributed by atoms with Crippen molar-refractivity contribution < 1.29 is 9.53 Å². The normalized spacial score (nSPS) is 21.0. The van der Waals surface area contributed by atoms with Crippen LogP contribution in [0.25, 0.3) is 0 Å². The third kappa shape index (κ3) is 4.63. The van der Waals surface area contributed by atoms with Crippen LogP contribution in [0.3, 0.4) is 0 Å². The smallest absolute Gasteiger partial charge is 0.305 e. The quantitative estimate of drug-likeness (QED) is 0.557. The minimum Gasteiger partial charge on any atom is -0.469 e. The van der Waals surface area contributed by atoms with Gasteiger partial charge in [-0.25, -0.2) is 0 Å². The van der Waals surface area contributed by atoms with Crippen molar-refractivity contribution in [2.24, 2.45) is 5.92 Å². The van der Waals surface area contributed by atoms with Gasteiger partial charge < -0.3 is 9.64 Å². The first-order valence-electron chi connectivity index (χ1n) is 8.58. The van der Waals surface area contributed by atoms with Gasteiger partial charge in [-0.1, -0.05) is 17.7 Å². The monoisotopic (exact) mass is 337 g/mol. The fourth-order valence-corrected chi connectivity index (χ4v) is 3.92. The summed E-state index contributed by atoms with van der Waals surface area (Å²) >= 11 is 6.16. The topological polar surface area (TPSA) is 29.5 Å². The number of rotatable bonds is 6. The van der Waals surface area contributed by atoms with Crippen LogP contribution in [0.4, 0.5) is 5.69 Å². The fourth-order valence-electron chi connectivity index (χ4n) is 3.71. The van der Waals surface area contributed by atoms with Crippen LogP contribution in [0.15, 0.2) is 18.2 Å². The Bertz CT molecular complexity index is 524. The van der Waals surface area contributed by atoms with Crippen molar-refractivity contribution >= 4 is 23.3 Å². The number of carbonyl (C=O) groups excluding carboxylic acids is 1. The Morgan fingerprint density at radius 1 is 1.30 bits per heavy atom. The molecule has 0 aliphatic heterocycles. The van der Waals surface area contributed by atoms with Gasteiger partial charge in [0, 0.05) is 30.6 Å². The number of alkyl halides is 1. The second-order valence-electron chi connectivity index (χ2n) is 6.51. The van der Waals surface area contributed by atoms with Crippen LogP contribution < -0.4 is 4.90 Å². The Morgan fingerprint density at radius 3 is 2.57 bits per heavy atom. The maximum Gasteiger partial charge on any atom is 0.305 e. The largest absolute Gasteiger partial charge is 0.469 e. The lowest BCUT2D eigenvalue weighted by Gasteiger charge is -2.38. The second-order valence-corrected chi connectivity index (χ2v) is 6.77. The van der Waals surface area contributed by atoms with E-state index in [1.165, 1.54) is 23.9 Å². The molecule has 4 heteroatoms. The van der Waals surface area contributed by atoms with Gasteiger partial charge in [-0.05, 0) is 57.1 Å². The predicted octanol–water partition coefficient (Wildman–Crippen LogP) is 4.68. The molecule has 0 spiro atoms. The molecular formula is C19H28ClNO2. The lowest BCUT2D eigenvalue weighted by Crippen LogP contribution is -2.39. The third-order valence-electron chi connectivity index (χ3n) is 4.97. The lowest BCUT2D eigenvalue weighted by atomic mass is 9.83. The van der Waals surface area contributed by atoms with Crippen molar-refractivity contribution in [3.05, 3.63) is 29.3 Å². The van der Waals surface area contributed by atoms with Gasteiger partial charge >= 0.3 is 5.97 Å². The summed E-state index contributed by atoms with van der Waals surface area (Å²) in [4.78, 5) is 13.9. The van der Waals surface area contributed by atoms with Crippen LogP contribution in [0.1, 0.15) is 50.2 Å². The summed E-state index contributed by atoms with van der Waals surface area (Å²) in [7, 11) is 1.47. The standard InChI is InChI=1S/C19H28ClNO2/c1-4-21(18-10-5-14(2)11-16(18)13-20)17-8-6-15(7-9-17)12-19(22)23-3/h5,10-11,15,17H,4,6-9,12-13H2,1-3H3. The first-order valence-corrected chi connectivity index (χ1v) is 9.11. The van der Waals surface area contributed by atoms with E-state index in [1.807, 2.05) is 0 Å². The van der Waals surface area contributed by atoms with Crippen LogP contribution in [0, 0.1) is 12.8 Å². The SMILES string of the molecule is CCN(c1ccc(C)cc1CCl)C1CCC(CC(=O)OC)CC1. The summed E-state index contributed by atoms with van der Waals surface area (Å²) < 4.78 is 4.80. The number of nitrogens with zero attached hydrogens (tertiary/aromatic N) is 1. The molecule has 0 heterocycles. The van der Waals surface area contributed by atoms with Gasteiger partial charge in [0.2, 0.25) is 0 Å². The number of benzene rings is 1. The molecule has 1 fully saturated rings. The fraction of sp³-hybridized carbons (Fsp3) is 0.632. The molecule has 0 radical (unpaired) electrons. The lowest BCUT2D eigenvalue weighted by molar-refractivity contribution is -0.142. The van der Waals surface area contributed by atoms with E-state index >= 15 is 0 Å². The predicted molar refractivity (Wildman–Crippen MR) is 96.1 cm³/mol. The molecule has 128 valence electrons. The number of anilines is 1. The Labute approximate surface area is 145 Å². The zero-order chi connectivity index (χ0) is 16.8. The zero-order valence-electron chi connectivity index (χ0n) is 14.5. The summed E-state index contributed by atoms with van der Waals surface area (Å²) in [5.41, 5.74) is 3.73. The number of halogens is 1. The highest BCUT2D eigenvalue weighted by molar-refractivity contribution is 6.17. The van der Waals surface area contributed by atoms with Gasteiger partial charge in [0.25, 0.3) is 0 Å². The van der Waals surface area contributed by atoms with E-state index in [-0.39, 0.29) is 5.97 Å². The molecule has 0 saturated heterocycles. The minimum absolute atomic E-state index is 0.0799. The number of aryl methyl sites for hydroxylation is 1. The number of hydrogen-bond acceptors (Lipinski definition) is 3. The van der Waals surface area contributed by atoms with Crippen molar-refractivity contribution in [2.75, 3.05) is 18.6 Å². The molecule has 0 bridgehead atoms. The molecule has 1 aromatic carbocycles. The summed E-state index contributed by atoms with van der Waals surface area (Å²) in [6.07, 6.45) is 5.01. The molecule has 0 amide bonds. The number of hydrogen-bond donors (Lipinski definition) is 0. The van der Waals surface area contributed by atoms with Crippen molar-refractivity contribution in [3.8, 4) is 0 Å². The van der Waals surface area contributed by atoms with Gasteiger partial charge in [0.05, 0.1) is 7.11 Å². The second kappa shape index (κ2) is 8.58. The van der Waals surface area contributed by atoms with E-state index in [0.717, 1.165) is 32.2 Å². The van der Waals surface area contributed by atoms with Crippen molar-refractivity contribution in [3.63, 3.8) is 0 Å². The number of methoxy groups -OCH3 is 1. The molecule has 0 N–H and O–H groups in total. The Kier molecular flexibility index (Phi) is 6.76. The average molecular weight is 338 g/mol. The third-order valence-corrected chi connectivity index (χ3v) is 5.26. The maximum absolute atomic E-state index is 11.4. The van der Waals surface area contributed by atoms with Crippen LogP contribution in [0.5, 0.6) is 0 Å². The zero-order valence-corrected chi connectivity index (χ0v) is 15.2. The minimum atomic E-state index is -0.0799. The molecule has 1 saturated carbocycles. The van der Waals surface area contributed by atoms with Gasteiger partial charge in [-0.15, -0.1) is 11.6 Å². The molecule has 1 aliphatic carbocycles. The summed E-state index contributed by atoms with van der Waals surface area (Å²) in [6, 6.07) is 7.10. The van der Waals surface area contributed by atoms with Crippen LogP contribution in [-0.2, 0) is 15.4 Å². The van der Waals surface area contributed by atoms with E-state index in [4.69, 9.17) is 16.3 Å². The number of esters is 1. The van der Waals surface area contributed by atoms with Crippen molar-refractivity contribution in [1.29, 1.82) is 0 Å². The summed E-state index contributed by atoms with van der Waals surface area (Å²) in [5, 5.41) is 0. The van der Waals surface area contributed by atoms with E-state index in [1.54, 1.807) is 0 Å². The summed E-state index contributed by atoms with van der Waals surface area (Å²) in [5.74, 6) is 0.942. The highest BCUT2D eigenvalue weighted by Crippen LogP contribution is 2.34. The van der Waals surface area contributed by atoms with Crippen molar-refractivity contribution in [1.82, 2.24) is 0 Å². The molecule has 23 heavy (non-hydrogen) atoms. The van der Waals surface area contributed by atoms with Crippen LogP contribution in [-0.4, -0.2) is 25.7 Å². The highest BCUT2D eigenvalue weighted by Gasteiger charge is 2.27. The molecule has 0 unspecified atom stereocenters.